The standard InChI is InChI=1S/C10H10N2O2/c1-7-5-9(14-12-7)6-8-3-2-4-11-10(8)13/h2-5H,6H2,1H3,(H,11,13). The van der Waals surface area contributed by atoms with Crippen LogP contribution in [0, 0.1) is 6.92 Å². The number of hydrogen-bond acceptors (Lipinski definition) is 3. The second kappa shape index (κ2) is 3.49. The molecule has 0 aliphatic rings. The Hall–Kier alpha value is -1.84. The number of aromatic nitrogens is 2. The molecule has 4 nitrogen and oxygen atoms in total. The molecule has 0 saturated heterocycles. The molecule has 0 saturated carbocycles. The predicted molar refractivity (Wildman–Crippen MR) is 51.1 cm³/mol. The van der Waals surface area contributed by atoms with E-state index in [9.17, 15) is 4.79 Å². The molecule has 72 valence electrons. The quantitative estimate of drug-likeness (QED) is 0.775. The van der Waals surface area contributed by atoms with Crippen LogP contribution in [0.2, 0.25) is 0 Å². The van der Waals surface area contributed by atoms with E-state index in [1.165, 1.54) is 0 Å². The smallest absolute Gasteiger partial charge is 0.251 e. The monoisotopic (exact) mass is 190 g/mol. The van der Waals surface area contributed by atoms with E-state index in [1.807, 2.05) is 13.0 Å². The van der Waals surface area contributed by atoms with E-state index < -0.39 is 0 Å². The summed E-state index contributed by atoms with van der Waals surface area (Å²) in [6, 6.07) is 5.39. The molecule has 0 spiro atoms. The highest BCUT2D eigenvalue weighted by atomic mass is 16.5. The fraction of sp³-hybridized carbons (Fsp3) is 0.200. The highest BCUT2D eigenvalue weighted by molar-refractivity contribution is 5.17. The zero-order valence-corrected chi connectivity index (χ0v) is 7.78. The predicted octanol–water partition coefficient (Wildman–Crippen LogP) is 1.26. The normalized spacial score (nSPS) is 10.4. The Labute approximate surface area is 80.6 Å². The van der Waals surface area contributed by atoms with Crippen molar-refractivity contribution in [1.82, 2.24) is 10.1 Å². The first-order valence-corrected chi connectivity index (χ1v) is 4.34. The van der Waals surface area contributed by atoms with Crippen molar-refractivity contribution in [3.05, 3.63) is 51.8 Å². The molecule has 2 aromatic rings. The zero-order chi connectivity index (χ0) is 9.97. The lowest BCUT2D eigenvalue weighted by Crippen LogP contribution is -2.10. The van der Waals surface area contributed by atoms with Crippen LogP contribution >= 0.6 is 0 Å². The molecule has 0 unspecified atom stereocenters. The van der Waals surface area contributed by atoms with Gasteiger partial charge in [0, 0.05) is 24.2 Å². The Bertz CT molecular complexity index is 485. The van der Waals surface area contributed by atoms with Gasteiger partial charge in [-0.15, -0.1) is 0 Å². The minimum atomic E-state index is -0.0819. The number of rotatable bonds is 2. The summed E-state index contributed by atoms with van der Waals surface area (Å²) in [4.78, 5) is 13.9. The Morgan fingerprint density at radius 2 is 2.43 bits per heavy atom. The molecular formula is C10H10N2O2. The number of hydrogen-bond donors (Lipinski definition) is 1. The van der Waals surface area contributed by atoms with Crippen molar-refractivity contribution in [3.63, 3.8) is 0 Å². The van der Waals surface area contributed by atoms with Crippen LogP contribution in [0.1, 0.15) is 17.0 Å². The van der Waals surface area contributed by atoms with Crippen molar-refractivity contribution >= 4 is 0 Å². The molecule has 2 heterocycles. The number of pyridine rings is 1. The fourth-order valence-electron chi connectivity index (χ4n) is 1.28. The van der Waals surface area contributed by atoms with Gasteiger partial charge in [0.25, 0.3) is 5.56 Å². The minimum absolute atomic E-state index is 0.0819. The summed E-state index contributed by atoms with van der Waals surface area (Å²) in [5, 5.41) is 3.76. The molecule has 0 bridgehead atoms. The maximum absolute atomic E-state index is 11.3. The van der Waals surface area contributed by atoms with Crippen molar-refractivity contribution < 1.29 is 4.52 Å². The number of H-pyrrole nitrogens is 1. The van der Waals surface area contributed by atoms with Gasteiger partial charge in [-0.2, -0.15) is 0 Å². The molecule has 1 N–H and O–H groups in total. The third-order valence-electron chi connectivity index (χ3n) is 1.94. The topological polar surface area (TPSA) is 58.9 Å². The highest BCUT2D eigenvalue weighted by Gasteiger charge is 2.04. The number of aromatic amines is 1. The maximum Gasteiger partial charge on any atom is 0.251 e. The van der Waals surface area contributed by atoms with Gasteiger partial charge in [0.15, 0.2) is 0 Å². The van der Waals surface area contributed by atoms with Crippen molar-refractivity contribution in [2.45, 2.75) is 13.3 Å². The number of aryl methyl sites for hydroxylation is 1. The van der Waals surface area contributed by atoms with E-state index in [0.717, 1.165) is 5.69 Å². The number of nitrogens with zero attached hydrogens (tertiary/aromatic N) is 1. The van der Waals surface area contributed by atoms with E-state index in [0.29, 0.717) is 17.7 Å². The van der Waals surface area contributed by atoms with Gasteiger partial charge in [-0.1, -0.05) is 11.2 Å². The van der Waals surface area contributed by atoms with Gasteiger partial charge >= 0.3 is 0 Å². The SMILES string of the molecule is Cc1cc(Cc2ccc[nH]c2=O)on1. The summed E-state index contributed by atoms with van der Waals surface area (Å²) >= 11 is 0. The first-order chi connectivity index (χ1) is 6.75. The van der Waals surface area contributed by atoms with Crippen LogP contribution in [0.3, 0.4) is 0 Å². The van der Waals surface area contributed by atoms with Gasteiger partial charge in [0.1, 0.15) is 5.76 Å². The molecule has 2 aromatic heterocycles. The first kappa shape index (κ1) is 8.74. The van der Waals surface area contributed by atoms with E-state index in [4.69, 9.17) is 4.52 Å². The second-order valence-corrected chi connectivity index (χ2v) is 3.14. The summed E-state index contributed by atoms with van der Waals surface area (Å²) in [6.07, 6.45) is 2.09. The molecule has 0 fully saturated rings. The summed E-state index contributed by atoms with van der Waals surface area (Å²) in [5.74, 6) is 0.708. The van der Waals surface area contributed by atoms with Gasteiger partial charge in [-0.3, -0.25) is 4.79 Å². The fourth-order valence-corrected chi connectivity index (χ4v) is 1.28. The lowest BCUT2D eigenvalue weighted by Gasteiger charge is -1.93. The van der Waals surface area contributed by atoms with Gasteiger partial charge in [-0.25, -0.2) is 0 Å². The van der Waals surface area contributed by atoms with Crippen LogP contribution in [-0.4, -0.2) is 10.1 Å². The lowest BCUT2D eigenvalue weighted by molar-refractivity contribution is 0.385. The molecule has 0 radical (unpaired) electrons. The van der Waals surface area contributed by atoms with Crippen LogP contribution in [0.5, 0.6) is 0 Å². The van der Waals surface area contributed by atoms with Gasteiger partial charge in [0.2, 0.25) is 0 Å². The van der Waals surface area contributed by atoms with Crippen molar-refractivity contribution in [2.75, 3.05) is 0 Å². The zero-order valence-electron chi connectivity index (χ0n) is 7.78. The summed E-state index contributed by atoms with van der Waals surface area (Å²) in [6.45, 7) is 1.85. The molecular weight excluding hydrogens is 180 g/mol. The molecule has 0 aliphatic heterocycles. The molecule has 0 aliphatic carbocycles. The molecule has 0 atom stereocenters. The number of nitrogens with one attached hydrogen (secondary N) is 1. The average molecular weight is 190 g/mol. The van der Waals surface area contributed by atoms with Crippen molar-refractivity contribution in [2.24, 2.45) is 0 Å². The Kier molecular flexibility index (Phi) is 2.18. The van der Waals surface area contributed by atoms with Crippen molar-refractivity contribution in [3.8, 4) is 0 Å². The van der Waals surface area contributed by atoms with Gasteiger partial charge in [0.05, 0.1) is 5.69 Å². The van der Waals surface area contributed by atoms with E-state index in [1.54, 1.807) is 18.3 Å². The van der Waals surface area contributed by atoms with Crippen LogP contribution < -0.4 is 5.56 Å². The Balaban J connectivity index is 2.27. The summed E-state index contributed by atoms with van der Waals surface area (Å²) in [7, 11) is 0. The summed E-state index contributed by atoms with van der Waals surface area (Å²) in [5.41, 5.74) is 1.43. The van der Waals surface area contributed by atoms with E-state index >= 15 is 0 Å². The lowest BCUT2D eigenvalue weighted by atomic mass is 10.1. The highest BCUT2D eigenvalue weighted by Crippen LogP contribution is 2.06. The largest absolute Gasteiger partial charge is 0.361 e. The Morgan fingerprint density at radius 1 is 1.57 bits per heavy atom. The average Bonchev–Trinajstić information content (AvgIpc) is 2.56. The summed E-state index contributed by atoms with van der Waals surface area (Å²) < 4.78 is 5.02. The molecule has 4 heteroatoms. The third kappa shape index (κ3) is 1.74. The van der Waals surface area contributed by atoms with Crippen molar-refractivity contribution in [1.29, 1.82) is 0 Å². The minimum Gasteiger partial charge on any atom is -0.361 e. The first-order valence-electron chi connectivity index (χ1n) is 4.34. The molecule has 2 rings (SSSR count). The van der Waals surface area contributed by atoms with Crippen LogP contribution in [0.25, 0.3) is 0 Å². The second-order valence-electron chi connectivity index (χ2n) is 3.14. The van der Waals surface area contributed by atoms with Gasteiger partial charge in [-0.05, 0) is 13.0 Å². The molecule has 14 heavy (non-hydrogen) atoms. The molecule has 0 amide bonds. The molecule has 0 aromatic carbocycles. The Morgan fingerprint density at radius 3 is 3.07 bits per heavy atom. The van der Waals surface area contributed by atoms with Crippen LogP contribution in [-0.2, 0) is 6.42 Å². The maximum atomic E-state index is 11.3. The van der Waals surface area contributed by atoms with Gasteiger partial charge < -0.3 is 9.51 Å². The van der Waals surface area contributed by atoms with E-state index in [2.05, 4.69) is 10.1 Å². The van der Waals surface area contributed by atoms with Crippen LogP contribution in [0.15, 0.2) is 33.7 Å². The van der Waals surface area contributed by atoms with Crippen LogP contribution in [0.4, 0.5) is 0 Å². The van der Waals surface area contributed by atoms with E-state index in [-0.39, 0.29) is 5.56 Å². The third-order valence-corrected chi connectivity index (χ3v) is 1.94.